The van der Waals surface area contributed by atoms with Gasteiger partial charge >= 0.3 is 0 Å². The van der Waals surface area contributed by atoms with Gasteiger partial charge in [-0.2, -0.15) is 20.1 Å². The van der Waals surface area contributed by atoms with Crippen molar-refractivity contribution in [2.45, 2.75) is 27.2 Å². The van der Waals surface area contributed by atoms with Crippen LogP contribution in [0, 0.1) is 5.41 Å². The molecule has 19 heavy (non-hydrogen) atoms. The summed E-state index contributed by atoms with van der Waals surface area (Å²) in [6.07, 6.45) is 4.48. The van der Waals surface area contributed by atoms with E-state index in [1.54, 1.807) is 23.1 Å². The molecule has 0 amide bonds. The Morgan fingerprint density at radius 1 is 1.32 bits per heavy atom. The van der Waals surface area contributed by atoms with Crippen molar-refractivity contribution in [2.75, 3.05) is 17.6 Å². The first kappa shape index (κ1) is 13.3. The smallest absolute Gasteiger partial charge is 0.257 e. The molecule has 0 bridgehead atoms. The summed E-state index contributed by atoms with van der Waals surface area (Å²) in [4.78, 5) is 12.4. The van der Waals surface area contributed by atoms with Crippen molar-refractivity contribution in [3.8, 4) is 5.95 Å². The van der Waals surface area contributed by atoms with Crippen molar-refractivity contribution in [2.24, 2.45) is 5.41 Å². The highest BCUT2D eigenvalue weighted by Gasteiger charge is 2.16. The second-order valence-corrected chi connectivity index (χ2v) is 5.14. The molecule has 0 aromatic carbocycles. The number of rotatable bonds is 5. The van der Waals surface area contributed by atoms with Gasteiger partial charge in [0.25, 0.3) is 5.95 Å². The summed E-state index contributed by atoms with van der Waals surface area (Å²) >= 11 is 0. The zero-order chi connectivity index (χ0) is 13.9. The first-order valence-corrected chi connectivity index (χ1v) is 6.25. The fourth-order valence-electron chi connectivity index (χ4n) is 1.39. The van der Waals surface area contributed by atoms with Crippen LogP contribution in [-0.4, -0.2) is 31.3 Å². The Bertz CT molecular complexity index is 533. The van der Waals surface area contributed by atoms with E-state index in [0.29, 0.717) is 11.9 Å². The summed E-state index contributed by atoms with van der Waals surface area (Å²) in [5, 5.41) is 7.27. The van der Waals surface area contributed by atoms with Gasteiger partial charge in [-0.25, -0.2) is 4.68 Å². The van der Waals surface area contributed by atoms with E-state index in [9.17, 15) is 0 Å². The predicted molar refractivity (Wildman–Crippen MR) is 73.9 cm³/mol. The van der Waals surface area contributed by atoms with Gasteiger partial charge in [0.05, 0.1) is 0 Å². The molecule has 0 atom stereocenters. The van der Waals surface area contributed by atoms with Gasteiger partial charge in [0.1, 0.15) is 0 Å². The van der Waals surface area contributed by atoms with E-state index in [0.717, 1.165) is 13.0 Å². The average molecular weight is 261 g/mol. The molecule has 0 aliphatic carbocycles. The second-order valence-electron chi connectivity index (χ2n) is 5.14. The van der Waals surface area contributed by atoms with E-state index in [1.165, 1.54) is 0 Å². The summed E-state index contributed by atoms with van der Waals surface area (Å²) in [7, 11) is 0. The molecule has 0 radical (unpaired) electrons. The van der Waals surface area contributed by atoms with Crippen LogP contribution in [-0.2, 0) is 0 Å². The van der Waals surface area contributed by atoms with E-state index in [2.05, 4.69) is 46.1 Å². The molecular formula is C12H19N7. The van der Waals surface area contributed by atoms with Crippen LogP contribution >= 0.6 is 0 Å². The molecule has 0 spiro atoms. The van der Waals surface area contributed by atoms with Gasteiger partial charge in [0.2, 0.25) is 11.9 Å². The zero-order valence-electron chi connectivity index (χ0n) is 11.5. The molecule has 3 N–H and O–H groups in total. The van der Waals surface area contributed by atoms with Gasteiger partial charge in [0, 0.05) is 18.9 Å². The maximum Gasteiger partial charge on any atom is 0.257 e. The van der Waals surface area contributed by atoms with Gasteiger partial charge in [-0.15, -0.1) is 0 Å². The second kappa shape index (κ2) is 5.21. The highest BCUT2D eigenvalue weighted by atomic mass is 15.4. The zero-order valence-corrected chi connectivity index (χ0v) is 11.5. The monoisotopic (exact) mass is 261 g/mol. The number of hydrogen-bond donors (Lipinski definition) is 2. The van der Waals surface area contributed by atoms with Crippen LogP contribution in [0.5, 0.6) is 0 Å². The maximum absolute atomic E-state index is 5.69. The van der Waals surface area contributed by atoms with Gasteiger partial charge in [0.15, 0.2) is 0 Å². The van der Waals surface area contributed by atoms with E-state index >= 15 is 0 Å². The largest absolute Gasteiger partial charge is 0.368 e. The highest BCUT2D eigenvalue weighted by Crippen LogP contribution is 2.19. The molecule has 2 heterocycles. The maximum atomic E-state index is 5.69. The Morgan fingerprint density at radius 3 is 2.74 bits per heavy atom. The van der Waals surface area contributed by atoms with Crippen LogP contribution in [0.2, 0.25) is 0 Å². The molecule has 2 aromatic heterocycles. The van der Waals surface area contributed by atoms with Gasteiger partial charge in [-0.05, 0) is 17.9 Å². The molecule has 7 heteroatoms. The molecule has 0 unspecified atom stereocenters. The predicted octanol–water partition coefficient (Wildman–Crippen LogP) is 1.49. The van der Waals surface area contributed by atoms with Crippen LogP contribution in [0.25, 0.3) is 5.95 Å². The lowest BCUT2D eigenvalue weighted by atomic mass is 9.90. The third-order valence-electron chi connectivity index (χ3n) is 3.03. The number of hydrogen-bond acceptors (Lipinski definition) is 6. The SMILES string of the molecule is CCC(C)(C)CNc1nc(N)nc(-n2cccn2)n1. The van der Waals surface area contributed by atoms with Gasteiger partial charge in [-0.3, -0.25) is 0 Å². The average Bonchev–Trinajstić information content (AvgIpc) is 2.90. The van der Waals surface area contributed by atoms with Crippen molar-refractivity contribution in [1.82, 2.24) is 24.7 Å². The fraction of sp³-hybridized carbons (Fsp3) is 0.500. The summed E-state index contributed by atoms with van der Waals surface area (Å²) in [6, 6.07) is 1.80. The first-order valence-electron chi connectivity index (χ1n) is 6.25. The van der Waals surface area contributed by atoms with Crippen LogP contribution in [0.3, 0.4) is 0 Å². The van der Waals surface area contributed by atoms with E-state index in [4.69, 9.17) is 5.73 Å². The number of nitrogen functional groups attached to an aromatic ring is 1. The highest BCUT2D eigenvalue weighted by molar-refractivity contribution is 5.34. The van der Waals surface area contributed by atoms with Crippen molar-refractivity contribution in [1.29, 1.82) is 0 Å². The number of nitrogens with one attached hydrogen (secondary N) is 1. The summed E-state index contributed by atoms with van der Waals surface area (Å²) in [5.74, 6) is 1.06. The van der Waals surface area contributed by atoms with Gasteiger partial charge in [-0.1, -0.05) is 20.8 Å². The molecule has 0 saturated heterocycles. The lowest BCUT2D eigenvalue weighted by Gasteiger charge is -2.22. The molecule has 2 aromatic rings. The van der Waals surface area contributed by atoms with Crippen molar-refractivity contribution in [3.63, 3.8) is 0 Å². The summed E-state index contributed by atoms with van der Waals surface area (Å²) < 4.78 is 1.55. The molecule has 0 aliphatic rings. The standard InChI is InChI=1S/C12H19N7/c1-4-12(2,3)8-14-10-16-9(13)17-11(18-10)19-7-5-6-15-19/h5-7H,4,8H2,1-3H3,(H3,13,14,16,17,18). The number of anilines is 2. The Morgan fingerprint density at radius 2 is 2.11 bits per heavy atom. The van der Waals surface area contributed by atoms with Crippen LogP contribution in [0.1, 0.15) is 27.2 Å². The minimum absolute atomic E-state index is 0.174. The Hall–Kier alpha value is -2.18. The molecule has 102 valence electrons. The van der Waals surface area contributed by atoms with Crippen LogP contribution < -0.4 is 11.1 Å². The minimum atomic E-state index is 0.174. The quantitative estimate of drug-likeness (QED) is 0.846. The topological polar surface area (TPSA) is 94.5 Å². The fourth-order valence-corrected chi connectivity index (χ4v) is 1.39. The molecule has 0 fully saturated rings. The summed E-state index contributed by atoms with van der Waals surface area (Å²) in [6.45, 7) is 7.28. The third kappa shape index (κ3) is 3.40. The minimum Gasteiger partial charge on any atom is -0.368 e. The molecule has 0 aliphatic heterocycles. The Labute approximate surface area is 112 Å². The Balaban J connectivity index is 2.18. The number of nitrogens with two attached hydrogens (primary N) is 1. The first-order chi connectivity index (χ1) is 9.00. The van der Waals surface area contributed by atoms with E-state index < -0.39 is 0 Å². The van der Waals surface area contributed by atoms with Crippen LogP contribution in [0.4, 0.5) is 11.9 Å². The third-order valence-corrected chi connectivity index (χ3v) is 3.03. The molecule has 2 rings (SSSR count). The lowest BCUT2D eigenvalue weighted by Crippen LogP contribution is -2.23. The molecule has 0 saturated carbocycles. The van der Waals surface area contributed by atoms with Crippen molar-refractivity contribution < 1.29 is 0 Å². The normalized spacial score (nSPS) is 11.5. The summed E-state index contributed by atoms with van der Waals surface area (Å²) in [5.41, 5.74) is 5.87. The molecule has 7 nitrogen and oxygen atoms in total. The number of aromatic nitrogens is 5. The van der Waals surface area contributed by atoms with Crippen LogP contribution in [0.15, 0.2) is 18.5 Å². The lowest BCUT2D eigenvalue weighted by molar-refractivity contribution is 0.376. The van der Waals surface area contributed by atoms with E-state index in [1.807, 2.05) is 0 Å². The van der Waals surface area contributed by atoms with Crippen molar-refractivity contribution in [3.05, 3.63) is 18.5 Å². The molecular weight excluding hydrogens is 242 g/mol. The van der Waals surface area contributed by atoms with Crippen molar-refractivity contribution >= 4 is 11.9 Å². The number of nitrogens with zero attached hydrogens (tertiary/aromatic N) is 5. The van der Waals surface area contributed by atoms with E-state index in [-0.39, 0.29) is 11.4 Å². The van der Waals surface area contributed by atoms with Gasteiger partial charge < -0.3 is 11.1 Å². The Kier molecular flexibility index (Phi) is 3.64.